The summed E-state index contributed by atoms with van der Waals surface area (Å²) in [6.07, 6.45) is 1.40. The number of pyridine rings is 1. The van der Waals surface area contributed by atoms with Crippen molar-refractivity contribution in [1.82, 2.24) is 14.2 Å². The van der Waals surface area contributed by atoms with Gasteiger partial charge in [0.1, 0.15) is 12.3 Å². The van der Waals surface area contributed by atoms with Gasteiger partial charge in [-0.1, -0.05) is 22.0 Å². The molecule has 0 radical (unpaired) electrons. The Morgan fingerprint density at radius 2 is 1.81 bits per heavy atom. The van der Waals surface area contributed by atoms with E-state index in [4.69, 9.17) is 4.74 Å². The summed E-state index contributed by atoms with van der Waals surface area (Å²) in [7, 11) is 1.56. The maximum absolute atomic E-state index is 12.7. The smallest absolute Gasteiger partial charge is 0.350 e. The van der Waals surface area contributed by atoms with Gasteiger partial charge in [0.2, 0.25) is 5.91 Å². The van der Waals surface area contributed by atoms with Crippen molar-refractivity contribution in [2.75, 3.05) is 17.7 Å². The van der Waals surface area contributed by atoms with Crippen LogP contribution in [0.5, 0.6) is 5.75 Å². The molecule has 162 valence electrons. The second-order valence-corrected chi connectivity index (χ2v) is 7.74. The Bertz CT molecular complexity index is 1360. The van der Waals surface area contributed by atoms with Gasteiger partial charge in [-0.25, -0.2) is 13.9 Å². The number of carbonyl (C=O) groups is 2. The van der Waals surface area contributed by atoms with Gasteiger partial charge in [-0.2, -0.15) is 0 Å². The summed E-state index contributed by atoms with van der Waals surface area (Å²) in [6, 6.07) is 17.1. The van der Waals surface area contributed by atoms with Gasteiger partial charge in [0, 0.05) is 22.0 Å². The van der Waals surface area contributed by atoms with Crippen LogP contribution in [0.25, 0.3) is 5.65 Å². The van der Waals surface area contributed by atoms with Crippen LogP contribution < -0.4 is 21.1 Å². The fourth-order valence-electron chi connectivity index (χ4n) is 3.04. The van der Waals surface area contributed by atoms with Gasteiger partial charge in [0.05, 0.1) is 12.7 Å². The zero-order valence-electron chi connectivity index (χ0n) is 16.9. The molecule has 0 saturated heterocycles. The monoisotopic (exact) mass is 495 g/mol. The number of nitrogens with zero attached hydrogens (tertiary/aromatic N) is 3. The highest BCUT2D eigenvalue weighted by molar-refractivity contribution is 9.10. The third kappa shape index (κ3) is 4.70. The molecule has 2 aromatic heterocycles. The van der Waals surface area contributed by atoms with Crippen LogP contribution in [-0.2, 0) is 11.3 Å². The number of amides is 2. The van der Waals surface area contributed by atoms with Crippen molar-refractivity contribution in [1.29, 1.82) is 0 Å². The fraction of sp³-hybridized carbons (Fsp3) is 0.0909. The topological polar surface area (TPSA) is 107 Å². The summed E-state index contributed by atoms with van der Waals surface area (Å²) in [5.74, 6) is -0.109. The van der Waals surface area contributed by atoms with Crippen molar-refractivity contribution in [3.63, 3.8) is 0 Å². The van der Waals surface area contributed by atoms with Crippen molar-refractivity contribution < 1.29 is 14.3 Å². The minimum absolute atomic E-state index is 0.263. The standard InChI is InChI=1S/C22H18BrN5O4/c1-32-18-8-6-16(7-9-18)25-21(30)14-5-10-19-26-28(22(31)27(19)12-14)13-20(29)24-17-4-2-3-15(23)11-17/h2-12H,13H2,1H3,(H,24,29)(H,25,30). The quantitative estimate of drug-likeness (QED) is 0.427. The number of rotatable bonds is 6. The Morgan fingerprint density at radius 3 is 2.53 bits per heavy atom. The normalized spacial score (nSPS) is 10.7. The van der Waals surface area contributed by atoms with E-state index in [1.807, 2.05) is 6.07 Å². The first kappa shape index (κ1) is 21.3. The van der Waals surface area contributed by atoms with Gasteiger partial charge < -0.3 is 15.4 Å². The lowest BCUT2D eigenvalue weighted by Gasteiger charge is -2.06. The van der Waals surface area contributed by atoms with Crippen LogP contribution in [0.15, 0.2) is 76.1 Å². The van der Waals surface area contributed by atoms with Gasteiger partial charge in [-0.15, -0.1) is 5.10 Å². The van der Waals surface area contributed by atoms with E-state index < -0.39 is 11.6 Å². The molecule has 0 saturated carbocycles. The van der Waals surface area contributed by atoms with Crippen LogP contribution in [0.2, 0.25) is 0 Å². The molecule has 2 amide bonds. The van der Waals surface area contributed by atoms with E-state index in [2.05, 4.69) is 31.7 Å². The van der Waals surface area contributed by atoms with E-state index >= 15 is 0 Å². The van der Waals surface area contributed by atoms with Gasteiger partial charge in [0.15, 0.2) is 5.65 Å². The van der Waals surface area contributed by atoms with Gasteiger partial charge in [-0.05, 0) is 54.6 Å². The number of aromatic nitrogens is 3. The summed E-state index contributed by atoms with van der Waals surface area (Å²) < 4.78 is 8.20. The summed E-state index contributed by atoms with van der Waals surface area (Å²) in [4.78, 5) is 37.6. The largest absolute Gasteiger partial charge is 0.497 e. The lowest BCUT2D eigenvalue weighted by Crippen LogP contribution is -2.28. The average Bonchev–Trinajstić information content (AvgIpc) is 3.08. The Morgan fingerprint density at radius 1 is 1.03 bits per heavy atom. The van der Waals surface area contributed by atoms with Gasteiger partial charge >= 0.3 is 5.69 Å². The maximum Gasteiger partial charge on any atom is 0.350 e. The minimum Gasteiger partial charge on any atom is -0.497 e. The average molecular weight is 496 g/mol. The fourth-order valence-corrected chi connectivity index (χ4v) is 3.44. The van der Waals surface area contributed by atoms with Crippen LogP contribution in [0.1, 0.15) is 10.4 Å². The molecule has 2 N–H and O–H groups in total. The summed E-state index contributed by atoms with van der Waals surface area (Å²) in [5, 5.41) is 9.64. The number of hydrogen-bond donors (Lipinski definition) is 2. The van der Waals surface area contributed by atoms with E-state index in [9.17, 15) is 14.4 Å². The van der Waals surface area contributed by atoms with Crippen molar-refractivity contribution in [2.24, 2.45) is 0 Å². The molecule has 32 heavy (non-hydrogen) atoms. The first-order chi connectivity index (χ1) is 15.4. The molecule has 4 aromatic rings. The molecule has 2 heterocycles. The highest BCUT2D eigenvalue weighted by Gasteiger charge is 2.14. The van der Waals surface area contributed by atoms with Crippen LogP contribution in [0.4, 0.5) is 11.4 Å². The predicted octanol–water partition coefficient (Wildman–Crippen LogP) is 3.16. The molecule has 0 spiro atoms. The molecule has 0 bridgehead atoms. The number of benzene rings is 2. The van der Waals surface area contributed by atoms with Gasteiger partial charge in [0.25, 0.3) is 5.91 Å². The van der Waals surface area contributed by atoms with Gasteiger partial charge in [-0.3, -0.25) is 9.59 Å². The Kier molecular flexibility index (Phi) is 6.04. The number of anilines is 2. The Labute approximate surface area is 190 Å². The highest BCUT2D eigenvalue weighted by Crippen LogP contribution is 2.17. The highest BCUT2D eigenvalue weighted by atomic mass is 79.9. The molecular formula is C22H18BrN5O4. The zero-order chi connectivity index (χ0) is 22.7. The van der Waals surface area contributed by atoms with Crippen molar-refractivity contribution in [3.05, 3.63) is 87.4 Å². The Balaban J connectivity index is 1.50. The number of halogens is 1. The summed E-state index contributed by atoms with van der Waals surface area (Å²) >= 11 is 3.34. The number of fused-ring (bicyclic) bond motifs is 1. The second-order valence-electron chi connectivity index (χ2n) is 6.83. The van der Waals surface area contributed by atoms with Crippen molar-refractivity contribution in [3.8, 4) is 5.75 Å². The van der Waals surface area contributed by atoms with Crippen LogP contribution in [0, 0.1) is 0 Å². The van der Waals surface area contributed by atoms with E-state index in [-0.39, 0.29) is 18.0 Å². The van der Waals surface area contributed by atoms with Crippen molar-refractivity contribution in [2.45, 2.75) is 6.54 Å². The zero-order valence-corrected chi connectivity index (χ0v) is 18.5. The van der Waals surface area contributed by atoms with E-state index in [0.29, 0.717) is 22.8 Å². The van der Waals surface area contributed by atoms with Crippen LogP contribution >= 0.6 is 15.9 Å². The van der Waals surface area contributed by atoms with Crippen molar-refractivity contribution >= 4 is 44.8 Å². The summed E-state index contributed by atoms with van der Waals surface area (Å²) in [5.41, 5.74) is 1.25. The van der Waals surface area contributed by atoms with Crippen LogP contribution in [0.3, 0.4) is 0 Å². The molecule has 0 aliphatic carbocycles. The molecule has 0 atom stereocenters. The molecule has 9 nitrogen and oxygen atoms in total. The molecular weight excluding hydrogens is 478 g/mol. The lowest BCUT2D eigenvalue weighted by atomic mass is 10.2. The minimum atomic E-state index is -0.525. The molecule has 10 heteroatoms. The number of ether oxygens (including phenoxy) is 1. The molecule has 2 aromatic carbocycles. The van der Waals surface area contributed by atoms with E-state index in [1.54, 1.807) is 61.7 Å². The number of nitrogens with one attached hydrogen (secondary N) is 2. The molecule has 0 aliphatic rings. The SMILES string of the molecule is COc1ccc(NC(=O)c2ccc3nn(CC(=O)Nc4cccc(Br)c4)c(=O)n3c2)cc1. The van der Waals surface area contributed by atoms with E-state index in [1.165, 1.54) is 10.6 Å². The predicted molar refractivity (Wildman–Crippen MR) is 123 cm³/mol. The first-order valence-electron chi connectivity index (χ1n) is 9.53. The lowest BCUT2D eigenvalue weighted by molar-refractivity contribution is -0.117. The number of methoxy groups -OCH3 is 1. The van der Waals surface area contributed by atoms with E-state index in [0.717, 1.165) is 9.15 Å². The summed E-state index contributed by atoms with van der Waals surface area (Å²) in [6.45, 7) is -0.263. The molecule has 0 aliphatic heterocycles. The third-order valence-corrected chi connectivity index (χ3v) is 5.08. The molecule has 4 rings (SSSR count). The Hall–Kier alpha value is -3.92. The second kappa shape index (κ2) is 9.06. The van der Waals surface area contributed by atoms with Crippen LogP contribution in [-0.4, -0.2) is 33.1 Å². The number of hydrogen-bond acceptors (Lipinski definition) is 5. The molecule has 0 unspecified atom stereocenters. The maximum atomic E-state index is 12.7. The third-order valence-electron chi connectivity index (χ3n) is 4.59. The number of carbonyl (C=O) groups excluding carboxylic acids is 2. The first-order valence-corrected chi connectivity index (χ1v) is 10.3. The molecule has 0 fully saturated rings.